The summed E-state index contributed by atoms with van der Waals surface area (Å²) in [5, 5.41) is 10.7. The molecule has 1 fully saturated rings. The van der Waals surface area contributed by atoms with Gasteiger partial charge in [-0.1, -0.05) is 15.9 Å². The molecule has 0 aromatic heterocycles. The highest BCUT2D eigenvalue weighted by atomic mass is 79.9. The molecule has 0 amide bonds. The molecule has 4 heteroatoms. The van der Waals surface area contributed by atoms with Crippen molar-refractivity contribution in [2.45, 2.75) is 50.9 Å². The zero-order valence-electron chi connectivity index (χ0n) is 10.6. The van der Waals surface area contributed by atoms with Crippen LogP contribution in [-0.2, 0) is 11.2 Å². The molecule has 1 aromatic rings. The van der Waals surface area contributed by atoms with E-state index < -0.39 is 5.60 Å². The number of aliphatic hydroxyl groups is 1. The van der Waals surface area contributed by atoms with E-state index in [0.717, 1.165) is 10.0 Å². The minimum absolute atomic E-state index is 0.0334. The van der Waals surface area contributed by atoms with Crippen LogP contribution in [0.5, 0.6) is 0 Å². The van der Waals surface area contributed by atoms with Crippen molar-refractivity contribution in [3.63, 3.8) is 0 Å². The largest absolute Gasteiger partial charge is 0.389 e. The fourth-order valence-corrected chi connectivity index (χ4v) is 3.21. The standard InChI is InChI=1S/C14H18BrFO2/c1-9-6-14(17,7-10(2)18-9)8-11-5-12(16)3-4-13(11)15/h3-5,9-10,17H,6-8H2,1-2H3. The van der Waals surface area contributed by atoms with E-state index >= 15 is 0 Å². The number of ether oxygens (including phenoxy) is 1. The molecule has 2 atom stereocenters. The van der Waals surface area contributed by atoms with Crippen molar-refractivity contribution in [3.8, 4) is 0 Å². The van der Waals surface area contributed by atoms with E-state index in [1.54, 1.807) is 6.07 Å². The van der Waals surface area contributed by atoms with Crippen molar-refractivity contribution in [1.29, 1.82) is 0 Å². The van der Waals surface area contributed by atoms with Gasteiger partial charge in [0, 0.05) is 23.7 Å². The summed E-state index contributed by atoms with van der Waals surface area (Å²) in [6.45, 7) is 3.92. The molecule has 1 aliphatic heterocycles. The lowest BCUT2D eigenvalue weighted by atomic mass is 9.82. The lowest BCUT2D eigenvalue weighted by Crippen LogP contribution is -2.44. The molecular formula is C14H18BrFO2. The van der Waals surface area contributed by atoms with E-state index in [2.05, 4.69) is 15.9 Å². The van der Waals surface area contributed by atoms with Gasteiger partial charge in [0.05, 0.1) is 17.8 Å². The number of benzene rings is 1. The van der Waals surface area contributed by atoms with Gasteiger partial charge in [0.1, 0.15) is 5.82 Å². The number of halogens is 2. The van der Waals surface area contributed by atoms with Gasteiger partial charge in [0.25, 0.3) is 0 Å². The van der Waals surface area contributed by atoms with Gasteiger partial charge in [-0.2, -0.15) is 0 Å². The highest BCUT2D eigenvalue weighted by Gasteiger charge is 2.37. The van der Waals surface area contributed by atoms with Crippen LogP contribution in [0.4, 0.5) is 4.39 Å². The number of hydrogen-bond donors (Lipinski definition) is 1. The van der Waals surface area contributed by atoms with Crippen LogP contribution in [-0.4, -0.2) is 22.9 Å². The van der Waals surface area contributed by atoms with Crippen molar-refractivity contribution < 1.29 is 14.2 Å². The second-order valence-corrected chi connectivity index (χ2v) is 6.16. The Morgan fingerprint density at radius 1 is 1.39 bits per heavy atom. The van der Waals surface area contributed by atoms with Crippen molar-refractivity contribution >= 4 is 15.9 Å². The molecule has 18 heavy (non-hydrogen) atoms. The summed E-state index contributed by atoms with van der Waals surface area (Å²) in [7, 11) is 0. The summed E-state index contributed by atoms with van der Waals surface area (Å²) in [6.07, 6.45) is 1.68. The van der Waals surface area contributed by atoms with Crippen molar-refractivity contribution in [1.82, 2.24) is 0 Å². The van der Waals surface area contributed by atoms with Crippen molar-refractivity contribution in [2.24, 2.45) is 0 Å². The molecule has 1 heterocycles. The van der Waals surface area contributed by atoms with E-state index in [0.29, 0.717) is 19.3 Å². The minimum atomic E-state index is -0.812. The molecule has 2 unspecified atom stereocenters. The molecule has 0 spiro atoms. The van der Waals surface area contributed by atoms with Crippen LogP contribution in [0.15, 0.2) is 22.7 Å². The Morgan fingerprint density at radius 3 is 2.61 bits per heavy atom. The second-order valence-electron chi connectivity index (χ2n) is 5.30. The topological polar surface area (TPSA) is 29.5 Å². The summed E-state index contributed by atoms with van der Waals surface area (Å²) in [5.74, 6) is -0.273. The quantitative estimate of drug-likeness (QED) is 0.905. The summed E-state index contributed by atoms with van der Waals surface area (Å²) in [5.41, 5.74) is -0.00766. The smallest absolute Gasteiger partial charge is 0.123 e. The molecule has 0 aliphatic carbocycles. The zero-order chi connectivity index (χ0) is 13.3. The van der Waals surface area contributed by atoms with Gasteiger partial charge >= 0.3 is 0 Å². The maximum Gasteiger partial charge on any atom is 0.123 e. The van der Waals surface area contributed by atoms with E-state index in [4.69, 9.17) is 4.74 Å². The van der Waals surface area contributed by atoms with E-state index in [9.17, 15) is 9.50 Å². The molecule has 100 valence electrons. The molecule has 1 aromatic carbocycles. The highest BCUT2D eigenvalue weighted by Crippen LogP contribution is 2.33. The van der Waals surface area contributed by atoms with Gasteiger partial charge in [-0.05, 0) is 37.6 Å². The number of hydrogen-bond acceptors (Lipinski definition) is 2. The highest BCUT2D eigenvalue weighted by molar-refractivity contribution is 9.10. The fraction of sp³-hybridized carbons (Fsp3) is 0.571. The Labute approximate surface area is 115 Å². The van der Waals surface area contributed by atoms with Gasteiger partial charge in [0.15, 0.2) is 0 Å². The van der Waals surface area contributed by atoms with Crippen molar-refractivity contribution in [2.75, 3.05) is 0 Å². The third kappa shape index (κ3) is 3.31. The predicted octanol–water partition coefficient (Wildman–Crippen LogP) is 3.45. The first-order valence-electron chi connectivity index (χ1n) is 6.20. The van der Waals surface area contributed by atoms with Crippen molar-refractivity contribution in [3.05, 3.63) is 34.1 Å². The van der Waals surface area contributed by atoms with Crippen LogP contribution in [0.1, 0.15) is 32.3 Å². The number of rotatable bonds is 2. The third-order valence-corrected chi connectivity index (χ3v) is 4.10. The maximum atomic E-state index is 13.3. The molecule has 2 nitrogen and oxygen atoms in total. The fourth-order valence-electron chi connectivity index (χ4n) is 2.82. The second kappa shape index (κ2) is 5.27. The van der Waals surface area contributed by atoms with Crippen LogP contribution in [0, 0.1) is 5.82 Å². The molecule has 0 bridgehead atoms. The van der Waals surface area contributed by atoms with Gasteiger partial charge in [-0.25, -0.2) is 4.39 Å². The molecular weight excluding hydrogens is 299 g/mol. The molecule has 0 saturated carbocycles. The van der Waals surface area contributed by atoms with Crippen LogP contribution in [0.3, 0.4) is 0 Å². The summed E-state index contributed by atoms with van der Waals surface area (Å²) in [6, 6.07) is 4.57. The average Bonchev–Trinajstić information content (AvgIpc) is 2.21. The van der Waals surface area contributed by atoms with Crippen LogP contribution >= 0.6 is 15.9 Å². The van der Waals surface area contributed by atoms with E-state index in [1.807, 2.05) is 13.8 Å². The maximum absolute atomic E-state index is 13.3. The normalized spacial score (nSPS) is 32.5. The minimum Gasteiger partial charge on any atom is -0.389 e. The molecule has 1 saturated heterocycles. The lowest BCUT2D eigenvalue weighted by molar-refractivity contribution is -0.130. The zero-order valence-corrected chi connectivity index (χ0v) is 12.2. The van der Waals surface area contributed by atoms with Crippen LogP contribution in [0.2, 0.25) is 0 Å². The van der Waals surface area contributed by atoms with Crippen LogP contribution < -0.4 is 0 Å². The first-order chi connectivity index (χ1) is 8.38. The Balaban J connectivity index is 2.18. The molecule has 1 N–H and O–H groups in total. The summed E-state index contributed by atoms with van der Waals surface area (Å²) >= 11 is 3.40. The Bertz CT molecular complexity index is 426. The van der Waals surface area contributed by atoms with E-state index in [1.165, 1.54) is 12.1 Å². The average molecular weight is 317 g/mol. The van der Waals surface area contributed by atoms with Gasteiger partial charge < -0.3 is 9.84 Å². The van der Waals surface area contributed by atoms with Gasteiger partial charge in [-0.15, -0.1) is 0 Å². The summed E-state index contributed by atoms with van der Waals surface area (Å²) in [4.78, 5) is 0. The molecule has 1 aliphatic rings. The van der Waals surface area contributed by atoms with Crippen LogP contribution in [0.25, 0.3) is 0 Å². The Kier molecular flexibility index (Phi) is 4.09. The first-order valence-corrected chi connectivity index (χ1v) is 6.99. The monoisotopic (exact) mass is 316 g/mol. The summed E-state index contributed by atoms with van der Waals surface area (Å²) < 4.78 is 19.7. The Hall–Kier alpha value is -0.450. The lowest BCUT2D eigenvalue weighted by Gasteiger charge is -2.39. The van der Waals surface area contributed by atoms with E-state index in [-0.39, 0.29) is 18.0 Å². The van der Waals surface area contributed by atoms with Gasteiger partial charge in [0.2, 0.25) is 0 Å². The van der Waals surface area contributed by atoms with Gasteiger partial charge in [-0.3, -0.25) is 0 Å². The molecule has 0 radical (unpaired) electrons. The SMILES string of the molecule is CC1CC(O)(Cc2cc(F)ccc2Br)CC(C)O1. The first kappa shape index (κ1) is 14.0. The molecule has 2 rings (SSSR count). The predicted molar refractivity (Wildman–Crippen MR) is 72.0 cm³/mol. The Morgan fingerprint density at radius 2 is 2.00 bits per heavy atom. The third-order valence-electron chi connectivity index (χ3n) is 3.33.